The number of hydrogen-bond acceptors (Lipinski definition) is 0. The third-order valence-corrected chi connectivity index (χ3v) is 7.81. The number of rotatable bonds is 3. The van der Waals surface area contributed by atoms with Gasteiger partial charge < -0.3 is 23.1 Å². The van der Waals surface area contributed by atoms with Crippen LogP contribution in [0.4, 0.5) is 0 Å². The monoisotopic (exact) mass is 395 g/mol. The molecule has 0 aliphatic rings. The molecule has 0 aliphatic heterocycles. The Bertz CT molecular complexity index is 581. The summed E-state index contributed by atoms with van der Waals surface area (Å²) < 4.78 is 0. The van der Waals surface area contributed by atoms with Gasteiger partial charge in [-0.15, -0.1) is 0 Å². The molecule has 0 unspecified atom stereocenters. The molecule has 23 heavy (non-hydrogen) atoms. The second-order valence-electron chi connectivity index (χ2n) is 5.01. The van der Waals surface area contributed by atoms with Crippen molar-refractivity contribution in [3.63, 3.8) is 0 Å². The van der Waals surface area contributed by atoms with Gasteiger partial charge >= 0.3 is 29.6 Å². The Morgan fingerprint density at radius 3 is 0.957 bits per heavy atom. The van der Waals surface area contributed by atoms with Crippen LogP contribution in [-0.4, -0.2) is 6.66 Å². The zero-order valence-corrected chi connectivity index (χ0v) is 18.0. The van der Waals surface area contributed by atoms with E-state index in [9.17, 15) is 0 Å². The zero-order valence-electron chi connectivity index (χ0n) is 13.6. The van der Waals surface area contributed by atoms with E-state index in [1.54, 1.807) is 0 Å². The second-order valence-corrected chi connectivity index (χ2v) is 8.57. The Balaban J connectivity index is 0.00000161. The largest absolute Gasteiger partial charge is 1.00 e. The third-order valence-electron chi connectivity index (χ3n) is 3.82. The molecule has 0 saturated carbocycles. The predicted octanol–water partition coefficient (Wildman–Crippen LogP) is -1.66. The summed E-state index contributed by atoms with van der Waals surface area (Å²) in [4.78, 5) is 0. The van der Waals surface area contributed by atoms with Crippen LogP contribution in [0.1, 0.15) is 0 Å². The van der Waals surface area contributed by atoms with Gasteiger partial charge in [0.25, 0.3) is 0 Å². The smallest absolute Gasteiger partial charge is 1.00 e. The summed E-state index contributed by atoms with van der Waals surface area (Å²) in [7, 11) is -1.53. The molecule has 0 spiro atoms. The van der Waals surface area contributed by atoms with Crippen LogP contribution in [0, 0.1) is 0 Å². The molecule has 0 saturated heterocycles. The Morgan fingerprint density at radius 1 is 0.522 bits per heavy atom. The molecule has 0 bridgehead atoms. The van der Waals surface area contributed by atoms with Gasteiger partial charge in [-0.1, -0.05) is 54.6 Å². The topological polar surface area (TPSA) is 33.5 Å². The molecule has 0 aromatic heterocycles. The van der Waals surface area contributed by atoms with E-state index in [0.717, 1.165) is 0 Å². The summed E-state index contributed by atoms with van der Waals surface area (Å²) in [5.74, 6) is 0. The van der Waals surface area contributed by atoms with E-state index in [2.05, 4.69) is 97.7 Å². The number of halogens is 1. The fraction of sp³-hybridized carbons (Fsp3) is 0.0526. The van der Waals surface area contributed by atoms with Gasteiger partial charge in [-0.05, 0) is 36.4 Å². The standard InChI is InChI=1S/C19H18P.BrH.H2N.Na/c1-20(17-11-5-2-6-12-17,18-13-7-3-8-14-18)19-15-9-4-10-16-19;;;/h2-16H,1H3;1H;1H2;/q+1;;-1;+1/p-1. The summed E-state index contributed by atoms with van der Waals surface area (Å²) >= 11 is 0. The average Bonchev–Trinajstić information content (AvgIpc) is 2.56. The first-order valence-corrected chi connectivity index (χ1v) is 9.09. The quantitative estimate of drug-likeness (QED) is 0.375. The van der Waals surface area contributed by atoms with Crippen LogP contribution in [0.2, 0.25) is 0 Å². The minimum absolute atomic E-state index is 0. The molecule has 3 rings (SSSR count). The van der Waals surface area contributed by atoms with E-state index in [0.29, 0.717) is 0 Å². The number of nitrogens with two attached hydrogens (primary N) is 1. The molecule has 4 heteroatoms. The molecule has 1 nitrogen and oxygen atoms in total. The third kappa shape index (κ3) is 4.76. The van der Waals surface area contributed by atoms with Crippen LogP contribution < -0.4 is 62.5 Å². The van der Waals surface area contributed by atoms with Gasteiger partial charge in [-0.25, -0.2) is 0 Å². The van der Waals surface area contributed by atoms with Crippen molar-refractivity contribution in [1.82, 2.24) is 0 Å². The first-order valence-electron chi connectivity index (χ1n) is 6.85. The molecule has 0 fully saturated rings. The molecular weight excluding hydrogens is 376 g/mol. The van der Waals surface area contributed by atoms with Crippen LogP contribution >= 0.6 is 7.26 Å². The van der Waals surface area contributed by atoms with Crippen molar-refractivity contribution >= 4 is 23.2 Å². The van der Waals surface area contributed by atoms with Gasteiger partial charge in [0, 0.05) is 0 Å². The molecule has 2 N–H and O–H groups in total. The zero-order chi connectivity index (χ0) is 13.8. The Labute approximate surface area is 172 Å². The van der Waals surface area contributed by atoms with Gasteiger partial charge in [0.1, 0.15) is 23.2 Å². The summed E-state index contributed by atoms with van der Waals surface area (Å²) in [6.45, 7) is 2.41. The molecule has 3 aromatic carbocycles. The average molecular weight is 396 g/mol. The van der Waals surface area contributed by atoms with Gasteiger partial charge in [0.15, 0.2) is 0 Å². The van der Waals surface area contributed by atoms with Crippen molar-refractivity contribution in [3.05, 3.63) is 97.1 Å². The summed E-state index contributed by atoms with van der Waals surface area (Å²) in [5.41, 5.74) is 0. The van der Waals surface area contributed by atoms with E-state index in [1.807, 2.05) is 0 Å². The summed E-state index contributed by atoms with van der Waals surface area (Å²) in [6, 6.07) is 32.6. The SMILES string of the molecule is C[P+](c1ccccc1)(c1ccccc1)c1ccccc1.[Br-].[NH2-].[Na+]. The van der Waals surface area contributed by atoms with E-state index in [4.69, 9.17) is 0 Å². The normalized spacial score (nSPS) is 9.78. The minimum atomic E-state index is -1.53. The predicted molar refractivity (Wildman–Crippen MR) is 96.4 cm³/mol. The van der Waals surface area contributed by atoms with E-state index >= 15 is 0 Å². The Hall–Kier alpha value is -0.470. The molecule has 0 aliphatic carbocycles. The number of benzene rings is 3. The van der Waals surface area contributed by atoms with Gasteiger partial charge in [-0.3, -0.25) is 0 Å². The van der Waals surface area contributed by atoms with Crippen LogP contribution in [0.3, 0.4) is 0 Å². The van der Waals surface area contributed by atoms with Crippen LogP contribution in [0.25, 0.3) is 6.15 Å². The van der Waals surface area contributed by atoms with Crippen molar-refractivity contribution in [1.29, 1.82) is 0 Å². The minimum Gasteiger partial charge on any atom is -1.00 e. The molecule has 0 heterocycles. The summed E-state index contributed by atoms with van der Waals surface area (Å²) in [5, 5.41) is 4.28. The van der Waals surface area contributed by atoms with Crippen molar-refractivity contribution in [3.8, 4) is 0 Å². The summed E-state index contributed by atoms with van der Waals surface area (Å²) in [6.07, 6.45) is 0. The van der Waals surface area contributed by atoms with Crippen LogP contribution in [0.5, 0.6) is 0 Å². The molecule has 114 valence electrons. The second kappa shape index (κ2) is 10.4. The molecule has 0 radical (unpaired) electrons. The van der Waals surface area contributed by atoms with Crippen LogP contribution in [0.15, 0.2) is 91.0 Å². The fourth-order valence-electron chi connectivity index (χ4n) is 2.63. The molecule has 0 amide bonds. The number of hydrogen-bond donors (Lipinski definition) is 0. The van der Waals surface area contributed by atoms with Crippen LogP contribution in [-0.2, 0) is 0 Å². The maximum atomic E-state index is 2.41. The van der Waals surface area contributed by atoms with E-state index < -0.39 is 7.26 Å². The van der Waals surface area contributed by atoms with E-state index in [1.165, 1.54) is 15.9 Å². The Morgan fingerprint density at radius 2 is 0.739 bits per heavy atom. The van der Waals surface area contributed by atoms with Crippen molar-refractivity contribution < 1.29 is 46.5 Å². The van der Waals surface area contributed by atoms with Crippen molar-refractivity contribution in [2.24, 2.45) is 0 Å². The molecule has 0 atom stereocenters. The van der Waals surface area contributed by atoms with E-state index in [-0.39, 0.29) is 52.7 Å². The fourth-order valence-corrected chi connectivity index (χ4v) is 5.83. The van der Waals surface area contributed by atoms with Gasteiger partial charge in [0.2, 0.25) is 0 Å². The Kier molecular flexibility index (Phi) is 10.2. The maximum Gasteiger partial charge on any atom is 1.00 e. The molecule has 3 aromatic rings. The maximum absolute atomic E-state index is 2.41. The van der Waals surface area contributed by atoms with Gasteiger partial charge in [0.05, 0.1) is 6.66 Å². The first-order chi connectivity index (χ1) is 9.82. The first kappa shape index (κ1) is 22.5. The van der Waals surface area contributed by atoms with Crippen molar-refractivity contribution in [2.45, 2.75) is 0 Å². The van der Waals surface area contributed by atoms with Crippen molar-refractivity contribution in [2.75, 3.05) is 6.66 Å². The molecular formula is C19H20BrNNaP. The van der Waals surface area contributed by atoms with Gasteiger partial charge in [-0.2, -0.15) is 0 Å².